The Morgan fingerprint density at radius 3 is 2.74 bits per heavy atom. The summed E-state index contributed by atoms with van der Waals surface area (Å²) in [6, 6.07) is 4.03. The van der Waals surface area contributed by atoms with Crippen LogP contribution >= 0.6 is 0 Å². The number of halogens is 1. The van der Waals surface area contributed by atoms with Crippen LogP contribution in [0.4, 0.5) is 4.39 Å². The highest BCUT2D eigenvalue weighted by molar-refractivity contribution is 5.94. The summed E-state index contributed by atoms with van der Waals surface area (Å²) in [5, 5.41) is 17.4. The number of hydrogen-bond acceptors (Lipinski definition) is 3. The second-order valence-corrected chi connectivity index (χ2v) is 3.92. The minimum absolute atomic E-state index is 0.0424. The minimum atomic E-state index is -0.623. The number of nitrogens with zero attached hydrogens (tertiary/aromatic N) is 1. The van der Waals surface area contributed by atoms with E-state index in [0.717, 1.165) is 0 Å². The summed E-state index contributed by atoms with van der Waals surface area (Å²) in [6.45, 7) is -0.0855. The van der Waals surface area contributed by atoms with E-state index in [0.29, 0.717) is 12.0 Å². The maximum absolute atomic E-state index is 13.6. The Balaban J connectivity index is 2.98. The van der Waals surface area contributed by atoms with Gasteiger partial charge in [-0.05, 0) is 18.2 Å². The summed E-state index contributed by atoms with van der Waals surface area (Å²) < 4.78 is 13.6. The van der Waals surface area contributed by atoms with Gasteiger partial charge in [0.05, 0.1) is 18.8 Å². The molecule has 2 N–H and O–H groups in total. The molecule has 0 atom stereocenters. The molecule has 5 heteroatoms. The monoisotopic (exact) mass is 265 g/mol. The Labute approximate surface area is 111 Å². The average molecular weight is 265 g/mol. The Hall–Kier alpha value is -1.90. The van der Waals surface area contributed by atoms with Crippen molar-refractivity contribution in [2.24, 2.45) is 0 Å². The molecular weight excluding hydrogens is 249 g/mol. The van der Waals surface area contributed by atoms with Gasteiger partial charge < -0.3 is 15.1 Å². The Morgan fingerprint density at radius 2 is 2.11 bits per heavy atom. The van der Waals surface area contributed by atoms with Crippen molar-refractivity contribution in [2.45, 2.75) is 6.42 Å². The van der Waals surface area contributed by atoms with E-state index in [9.17, 15) is 9.18 Å². The smallest absolute Gasteiger partial charge is 0.256 e. The number of aliphatic hydroxyl groups excluding tert-OH is 2. The fourth-order valence-electron chi connectivity index (χ4n) is 1.44. The van der Waals surface area contributed by atoms with Crippen LogP contribution in [0.25, 0.3) is 0 Å². The molecule has 1 aromatic rings. The lowest BCUT2D eigenvalue weighted by atomic mass is 10.1. The van der Waals surface area contributed by atoms with Gasteiger partial charge in [0.1, 0.15) is 5.82 Å². The van der Waals surface area contributed by atoms with Crippen LogP contribution in [-0.2, 0) is 0 Å². The molecule has 0 radical (unpaired) electrons. The van der Waals surface area contributed by atoms with Gasteiger partial charge in [-0.1, -0.05) is 11.8 Å². The SMILES string of the molecule is CN(CCO)C(=O)c1cc(C#CCCO)ccc1F. The third kappa shape index (κ3) is 4.36. The fraction of sp³-hybridized carbons (Fsp3) is 0.357. The van der Waals surface area contributed by atoms with E-state index in [1.807, 2.05) is 0 Å². The molecule has 1 amide bonds. The Bertz CT molecular complexity index is 505. The quantitative estimate of drug-likeness (QED) is 0.785. The van der Waals surface area contributed by atoms with E-state index >= 15 is 0 Å². The zero-order valence-corrected chi connectivity index (χ0v) is 10.7. The number of aliphatic hydroxyl groups is 2. The van der Waals surface area contributed by atoms with E-state index in [2.05, 4.69) is 11.8 Å². The Morgan fingerprint density at radius 1 is 1.37 bits per heavy atom. The summed E-state index contributed by atoms with van der Waals surface area (Å²) in [5.41, 5.74) is 0.433. The van der Waals surface area contributed by atoms with Crippen LogP contribution in [0.5, 0.6) is 0 Å². The number of likely N-dealkylation sites (N-methyl/N-ethyl adjacent to an activating group) is 1. The van der Waals surface area contributed by atoms with Crippen molar-refractivity contribution in [1.29, 1.82) is 0 Å². The number of rotatable bonds is 4. The first kappa shape index (κ1) is 15.2. The molecule has 0 aliphatic rings. The molecule has 0 aliphatic heterocycles. The van der Waals surface area contributed by atoms with Crippen LogP contribution in [-0.4, -0.2) is 47.8 Å². The van der Waals surface area contributed by atoms with Gasteiger partial charge in [-0.2, -0.15) is 0 Å². The van der Waals surface area contributed by atoms with E-state index < -0.39 is 11.7 Å². The first-order valence-electron chi connectivity index (χ1n) is 5.85. The van der Waals surface area contributed by atoms with Gasteiger partial charge in [-0.25, -0.2) is 4.39 Å². The molecular formula is C14H16FNO3. The van der Waals surface area contributed by atoms with Crippen LogP contribution in [0.3, 0.4) is 0 Å². The maximum Gasteiger partial charge on any atom is 0.256 e. The largest absolute Gasteiger partial charge is 0.395 e. The molecule has 0 bridgehead atoms. The minimum Gasteiger partial charge on any atom is -0.395 e. The molecule has 0 spiro atoms. The number of hydrogen-bond donors (Lipinski definition) is 2. The van der Waals surface area contributed by atoms with Gasteiger partial charge >= 0.3 is 0 Å². The second-order valence-electron chi connectivity index (χ2n) is 3.92. The molecule has 19 heavy (non-hydrogen) atoms. The van der Waals surface area contributed by atoms with Crippen LogP contribution in [0, 0.1) is 17.7 Å². The molecule has 1 rings (SSSR count). The predicted octanol–water partition coefficient (Wildman–Crippen LogP) is 0.624. The molecule has 0 saturated heterocycles. The first-order chi connectivity index (χ1) is 9.10. The van der Waals surface area contributed by atoms with Gasteiger partial charge in [0, 0.05) is 25.6 Å². The van der Waals surface area contributed by atoms with Crippen molar-refractivity contribution in [2.75, 3.05) is 26.8 Å². The van der Waals surface area contributed by atoms with E-state index in [-0.39, 0.29) is 25.3 Å². The van der Waals surface area contributed by atoms with Gasteiger partial charge in [-0.15, -0.1) is 0 Å². The van der Waals surface area contributed by atoms with Crippen LogP contribution in [0.15, 0.2) is 18.2 Å². The summed E-state index contributed by atoms with van der Waals surface area (Å²) in [5.74, 6) is 4.32. The highest BCUT2D eigenvalue weighted by Gasteiger charge is 2.16. The van der Waals surface area contributed by atoms with E-state index in [1.54, 1.807) is 0 Å². The van der Waals surface area contributed by atoms with Gasteiger partial charge in [0.2, 0.25) is 0 Å². The van der Waals surface area contributed by atoms with Crippen molar-refractivity contribution in [3.05, 3.63) is 35.1 Å². The number of benzene rings is 1. The maximum atomic E-state index is 13.6. The zero-order chi connectivity index (χ0) is 14.3. The summed E-state index contributed by atoms with van der Waals surface area (Å²) in [4.78, 5) is 13.2. The normalized spacial score (nSPS) is 9.68. The lowest BCUT2D eigenvalue weighted by Crippen LogP contribution is -2.30. The molecule has 0 aromatic heterocycles. The van der Waals surface area contributed by atoms with Crippen molar-refractivity contribution in [3.63, 3.8) is 0 Å². The van der Waals surface area contributed by atoms with Crippen molar-refractivity contribution < 1.29 is 19.4 Å². The van der Waals surface area contributed by atoms with Crippen molar-refractivity contribution >= 4 is 5.91 Å². The third-order valence-corrected chi connectivity index (χ3v) is 2.45. The molecule has 0 unspecified atom stereocenters. The summed E-state index contributed by atoms with van der Waals surface area (Å²) in [7, 11) is 1.49. The average Bonchev–Trinajstić information content (AvgIpc) is 2.40. The molecule has 1 aromatic carbocycles. The highest BCUT2D eigenvalue weighted by atomic mass is 19.1. The van der Waals surface area contributed by atoms with Crippen molar-refractivity contribution in [1.82, 2.24) is 4.90 Å². The number of carbonyl (C=O) groups is 1. The van der Waals surface area contributed by atoms with Gasteiger partial charge in [-0.3, -0.25) is 4.79 Å². The van der Waals surface area contributed by atoms with E-state index in [1.165, 1.54) is 30.1 Å². The van der Waals surface area contributed by atoms with Gasteiger partial charge in [0.15, 0.2) is 0 Å². The third-order valence-electron chi connectivity index (χ3n) is 2.45. The van der Waals surface area contributed by atoms with E-state index in [4.69, 9.17) is 10.2 Å². The lowest BCUT2D eigenvalue weighted by Gasteiger charge is -2.16. The second kappa shape index (κ2) is 7.52. The molecule has 0 heterocycles. The lowest BCUT2D eigenvalue weighted by molar-refractivity contribution is 0.0762. The predicted molar refractivity (Wildman–Crippen MR) is 69.0 cm³/mol. The van der Waals surface area contributed by atoms with Crippen molar-refractivity contribution in [3.8, 4) is 11.8 Å². The first-order valence-corrected chi connectivity index (χ1v) is 5.85. The topological polar surface area (TPSA) is 60.8 Å². The number of amides is 1. The summed E-state index contributed by atoms with van der Waals surface area (Å²) >= 11 is 0. The molecule has 0 aliphatic carbocycles. The molecule has 102 valence electrons. The molecule has 0 saturated carbocycles. The van der Waals surface area contributed by atoms with Gasteiger partial charge in [0.25, 0.3) is 5.91 Å². The zero-order valence-electron chi connectivity index (χ0n) is 10.7. The standard InChI is InChI=1S/C14H16FNO3/c1-16(7-9-18)14(19)12-10-11(4-2-3-8-17)5-6-13(12)15/h5-6,10,17-18H,3,7-9H2,1H3. The van der Waals surface area contributed by atoms with Crippen LogP contribution in [0.2, 0.25) is 0 Å². The molecule has 0 fully saturated rings. The number of carbonyl (C=O) groups excluding carboxylic acids is 1. The Kier molecular flexibility index (Phi) is 6.00. The van der Waals surface area contributed by atoms with Crippen LogP contribution in [0.1, 0.15) is 22.3 Å². The molecule has 4 nitrogen and oxygen atoms in total. The highest BCUT2D eigenvalue weighted by Crippen LogP contribution is 2.12. The van der Waals surface area contributed by atoms with Crippen LogP contribution < -0.4 is 0 Å². The fourth-order valence-corrected chi connectivity index (χ4v) is 1.44. The summed E-state index contributed by atoms with van der Waals surface area (Å²) in [6.07, 6.45) is 0.324.